The van der Waals surface area contributed by atoms with E-state index in [1.54, 1.807) is 6.20 Å². The molecule has 3 N–H and O–H groups in total. The minimum absolute atomic E-state index is 0.402. The highest BCUT2D eigenvalue weighted by Gasteiger charge is 2.25. The van der Waals surface area contributed by atoms with Gasteiger partial charge in [-0.05, 0) is 32.0 Å². The van der Waals surface area contributed by atoms with E-state index in [-0.39, 0.29) is 0 Å². The van der Waals surface area contributed by atoms with Gasteiger partial charge in [0.25, 0.3) is 0 Å². The molecule has 2 fully saturated rings. The van der Waals surface area contributed by atoms with Crippen LogP contribution in [-0.2, 0) is 6.54 Å². The van der Waals surface area contributed by atoms with E-state index in [1.165, 1.54) is 18.5 Å². The molecule has 180 valence electrons. The first-order chi connectivity index (χ1) is 17.2. The van der Waals surface area contributed by atoms with E-state index in [4.69, 9.17) is 9.51 Å². The van der Waals surface area contributed by atoms with Crippen LogP contribution in [0.25, 0.3) is 11.4 Å². The van der Waals surface area contributed by atoms with Gasteiger partial charge in [-0.2, -0.15) is 15.1 Å². The second kappa shape index (κ2) is 9.34. The predicted molar refractivity (Wildman–Crippen MR) is 133 cm³/mol. The summed E-state index contributed by atoms with van der Waals surface area (Å²) in [7, 11) is 2.14. The largest absolute Gasteiger partial charge is 0.359 e. The number of rotatable bonds is 8. The molecule has 6 rings (SSSR count). The Bertz CT molecular complexity index is 1270. The number of nitrogens with one attached hydrogen (secondary N) is 3. The monoisotopic (exact) mass is 472 g/mol. The third-order valence-corrected chi connectivity index (χ3v) is 6.32. The molecule has 0 amide bonds. The average molecular weight is 473 g/mol. The third kappa shape index (κ3) is 5.09. The number of anilines is 4. The van der Waals surface area contributed by atoms with E-state index < -0.39 is 0 Å². The molecule has 1 saturated carbocycles. The quantitative estimate of drug-likeness (QED) is 0.352. The van der Waals surface area contributed by atoms with Gasteiger partial charge in [0.1, 0.15) is 17.3 Å². The van der Waals surface area contributed by atoms with Gasteiger partial charge < -0.3 is 25.0 Å². The summed E-state index contributed by atoms with van der Waals surface area (Å²) in [6.07, 6.45) is 4.18. The molecule has 0 unspecified atom stereocenters. The normalized spacial score (nSPS) is 16.4. The molecule has 4 aromatic rings. The van der Waals surface area contributed by atoms with Crippen LogP contribution in [0.5, 0.6) is 0 Å². The first kappa shape index (κ1) is 21.5. The lowest BCUT2D eigenvalue weighted by atomic mass is 10.2. The van der Waals surface area contributed by atoms with Gasteiger partial charge in [-0.15, -0.1) is 0 Å². The molecular formula is C24H28N10O. The lowest BCUT2D eigenvalue weighted by molar-refractivity contribution is 0.312. The van der Waals surface area contributed by atoms with Crippen LogP contribution in [0.4, 0.5) is 23.4 Å². The summed E-state index contributed by atoms with van der Waals surface area (Å²) in [5.41, 5.74) is 2.64. The van der Waals surface area contributed by atoms with E-state index in [0.29, 0.717) is 35.7 Å². The third-order valence-electron chi connectivity index (χ3n) is 6.32. The van der Waals surface area contributed by atoms with Crippen molar-refractivity contribution in [3.8, 4) is 11.4 Å². The molecule has 1 aliphatic heterocycles. The van der Waals surface area contributed by atoms with Crippen molar-refractivity contribution < 1.29 is 4.52 Å². The number of likely N-dealkylation sites (N-methyl/N-ethyl adjacent to an activating group) is 1. The summed E-state index contributed by atoms with van der Waals surface area (Å²) in [4.78, 5) is 18.4. The molecule has 0 atom stereocenters. The van der Waals surface area contributed by atoms with Crippen molar-refractivity contribution in [3.05, 3.63) is 54.0 Å². The molecule has 11 heteroatoms. The Kier molecular flexibility index (Phi) is 5.75. The predicted octanol–water partition coefficient (Wildman–Crippen LogP) is 3.23. The lowest BCUT2D eigenvalue weighted by Gasteiger charge is -2.33. The minimum atomic E-state index is 0.402. The molecule has 4 aromatic heterocycles. The van der Waals surface area contributed by atoms with Crippen LogP contribution in [0.3, 0.4) is 0 Å². The molecule has 0 radical (unpaired) electrons. The number of aromatic amines is 1. The molecule has 11 nitrogen and oxygen atoms in total. The van der Waals surface area contributed by atoms with E-state index in [2.05, 4.69) is 58.9 Å². The first-order valence-corrected chi connectivity index (χ1v) is 12.0. The molecule has 2 aliphatic rings. The van der Waals surface area contributed by atoms with Crippen molar-refractivity contribution >= 4 is 23.4 Å². The van der Waals surface area contributed by atoms with E-state index in [0.717, 1.165) is 43.5 Å². The van der Waals surface area contributed by atoms with Crippen molar-refractivity contribution in [1.82, 2.24) is 35.2 Å². The average Bonchev–Trinajstić information content (AvgIpc) is 3.44. The van der Waals surface area contributed by atoms with Gasteiger partial charge in [-0.25, -0.2) is 0 Å². The summed E-state index contributed by atoms with van der Waals surface area (Å²) < 4.78 is 5.50. The van der Waals surface area contributed by atoms with Crippen molar-refractivity contribution in [3.63, 3.8) is 0 Å². The van der Waals surface area contributed by atoms with Crippen LogP contribution in [0.15, 0.2) is 47.1 Å². The van der Waals surface area contributed by atoms with E-state index >= 15 is 0 Å². The van der Waals surface area contributed by atoms with Crippen LogP contribution in [0, 0.1) is 0 Å². The van der Waals surface area contributed by atoms with Crippen LogP contribution in [0.1, 0.15) is 30.2 Å². The second-order valence-electron chi connectivity index (χ2n) is 9.08. The van der Waals surface area contributed by atoms with E-state index in [1.807, 2.05) is 30.3 Å². The molecule has 35 heavy (non-hydrogen) atoms. The number of hydrogen-bond donors (Lipinski definition) is 3. The highest BCUT2D eigenvalue weighted by Crippen LogP contribution is 2.39. The number of piperazine rings is 1. The Hall–Kier alpha value is -3.99. The smallest absolute Gasteiger partial charge is 0.227 e. The summed E-state index contributed by atoms with van der Waals surface area (Å²) in [5, 5.41) is 18.3. The number of pyridine rings is 1. The molecule has 1 saturated heterocycles. The maximum absolute atomic E-state index is 5.50. The number of aromatic nitrogens is 6. The van der Waals surface area contributed by atoms with Gasteiger partial charge in [-0.1, -0.05) is 11.2 Å². The van der Waals surface area contributed by atoms with E-state index in [9.17, 15) is 0 Å². The molecule has 5 heterocycles. The second-order valence-corrected chi connectivity index (χ2v) is 9.08. The molecule has 0 spiro atoms. The Morgan fingerprint density at radius 2 is 1.91 bits per heavy atom. The first-order valence-electron chi connectivity index (χ1n) is 12.0. The zero-order chi connectivity index (χ0) is 23.6. The molecule has 0 aromatic carbocycles. The Labute approximate surface area is 203 Å². The Morgan fingerprint density at radius 3 is 2.71 bits per heavy atom. The maximum atomic E-state index is 5.50. The zero-order valence-corrected chi connectivity index (χ0v) is 19.6. The van der Waals surface area contributed by atoms with Gasteiger partial charge in [0.05, 0.1) is 12.2 Å². The van der Waals surface area contributed by atoms with Crippen LogP contribution in [0.2, 0.25) is 0 Å². The van der Waals surface area contributed by atoms with Gasteiger partial charge in [0.2, 0.25) is 5.95 Å². The standard InChI is InChI=1S/C24H28N10O/c1-33-8-10-34(11-9-33)23-14-21(27-22-13-19(30-31-22)16-5-6-16)28-24(29-23)26-15-17-12-20(32-35-17)18-4-2-3-7-25-18/h2-4,7,12-14,16H,5-6,8-11,15H2,1H3,(H3,26,27,28,29,30,31). The molecule has 1 aliphatic carbocycles. The van der Waals surface area contributed by atoms with Gasteiger partial charge in [0, 0.05) is 62.2 Å². The van der Waals surface area contributed by atoms with Crippen molar-refractivity contribution in [2.24, 2.45) is 0 Å². The topological polar surface area (TPSA) is 124 Å². The van der Waals surface area contributed by atoms with Gasteiger partial charge in [0.15, 0.2) is 11.6 Å². The fourth-order valence-corrected chi connectivity index (χ4v) is 4.11. The number of nitrogens with zero attached hydrogens (tertiary/aromatic N) is 7. The van der Waals surface area contributed by atoms with Crippen LogP contribution >= 0.6 is 0 Å². The minimum Gasteiger partial charge on any atom is -0.359 e. The number of hydrogen-bond acceptors (Lipinski definition) is 10. The summed E-state index contributed by atoms with van der Waals surface area (Å²) >= 11 is 0. The van der Waals surface area contributed by atoms with Crippen molar-refractivity contribution in [2.75, 3.05) is 48.8 Å². The van der Waals surface area contributed by atoms with Crippen molar-refractivity contribution in [1.29, 1.82) is 0 Å². The van der Waals surface area contributed by atoms with Gasteiger partial charge >= 0.3 is 0 Å². The van der Waals surface area contributed by atoms with Crippen LogP contribution < -0.4 is 15.5 Å². The van der Waals surface area contributed by atoms with Crippen molar-refractivity contribution in [2.45, 2.75) is 25.3 Å². The summed E-state index contributed by atoms with van der Waals surface area (Å²) in [5.74, 6) is 4.13. The molecule has 0 bridgehead atoms. The highest BCUT2D eigenvalue weighted by molar-refractivity contribution is 5.60. The molecular weight excluding hydrogens is 444 g/mol. The Morgan fingerprint density at radius 1 is 1.03 bits per heavy atom. The maximum Gasteiger partial charge on any atom is 0.227 e. The SMILES string of the molecule is CN1CCN(c2cc(Nc3cc(C4CC4)[nH]n3)nc(NCc3cc(-c4ccccn4)no3)n2)CC1. The number of H-pyrrole nitrogens is 1. The fourth-order valence-electron chi connectivity index (χ4n) is 4.11. The van der Waals surface area contributed by atoms with Gasteiger partial charge in [-0.3, -0.25) is 10.1 Å². The lowest BCUT2D eigenvalue weighted by Crippen LogP contribution is -2.44. The summed E-state index contributed by atoms with van der Waals surface area (Å²) in [6, 6.07) is 11.6. The zero-order valence-electron chi connectivity index (χ0n) is 19.6. The fraction of sp³-hybridized carbons (Fsp3) is 0.375. The summed E-state index contributed by atoms with van der Waals surface area (Å²) in [6.45, 7) is 4.22. The Balaban J connectivity index is 1.20. The van der Waals surface area contributed by atoms with Crippen LogP contribution in [-0.4, -0.2) is 68.4 Å². The highest BCUT2D eigenvalue weighted by atomic mass is 16.5.